The zero-order chi connectivity index (χ0) is 16.9. The van der Waals surface area contributed by atoms with Gasteiger partial charge in [0.25, 0.3) is 0 Å². The topological polar surface area (TPSA) is 51.1 Å². The van der Waals surface area contributed by atoms with Crippen LogP contribution in [0, 0.1) is 11.8 Å². The summed E-state index contributed by atoms with van der Waals surface area (Å²) in [5, 5.41) is 11.0. The largest absolute Gasteiger partial charge is 0.393 e. The summed E-state index contributed by atoms with van der Waals surface area (Å²) in [6.45, 7) is 1.42. The molecule has 1 aromatic rings. The second-order valence-electron chi connectivity index (χ2n) is 7.85. The van der Waals surface area contributed by atoms with E-state index in [-0.39, 0.29) is 11.9 Å². The number of aliphatic hydroxyl groups is 1. The van der Waals surface area contributed by atoms with Crippen LogP contribution in [0.15, 0.2) is 35.5 Å². The van der Waals surface area contributed by atoms with E-state index in [1.54, 1.807) is 0 Å². The number of aliphatic imine (C=N–C) groups is 1. The van der Waals surface area contributed by atoms with E-state index in [4.69, 9.17) is 9.47 Å². The van der Waals surface area contributed by atoms with Crippen LogP contribution in [0.2, 0.25) is 0 Å². The molecule has 0 bridgehead atoms. The second kappa shape index (κ2) is 6.04. The molecule has 2 heterocycles. The number of nitrogens with zero attached hydrogens (tertiary/aromatic N) is 1. The molecular weight excluding hydrogens is 314 g/mol. The fourth-order valence-electron chi connectivity index (χ4n) is 5.21. The molecule has 0 radical (unpaired) electrons. The predicted octanol–water partition coefficient (Wildman–Crippen LogP) is 3.51. The maximum atomic E-state index is 11.0. The van der Waals surface area contributed by atoms with Crippen molar-refractivity contribution in [3.63, 3.8) is 0 Å². The van der Waals surface area contributed by atoms with Crippen molar-refractivity contribution in [2.24, 2.45) is 16.8 Å². The zero-order valence-corrected chi connectivity index (χ0v) is 14.4. The van der Waals surface area contributed by atoms with Crippen molar-refractivity contribution in [1.29, 1.82) is 0 Å². The van der Waals surface area contributed by atoms with Gasteiger partial charge in [0.05, 0.1) is 19.3 Å². The summed E-state index contributed by atoms with van der Waals surface area (Å²) in [5.41, 5.74) is 4.01. The summed E-state index contributed by atoms with van der Waals surface area (Å²) in [5.74, 6) is 0.684. The lowest BCUT2D eigenvalue weighted by atomic mass is 9.77. The molecule has 4 nitrogen and oxygen atoms in total. The van der Waals surface area contributed by atoms with Crippen molar-refractivity contribution in [1.82, 2.24) is 0 Å². The van der Waals surface area contributed by atoms with Crippen molar-refractivity contribution < 1.29 is 14.6 Å². The van der Waals surface area contributed by atoms with Gasteiger partial charge in [0, 0.05) is 31.2 Å². The fourth-order valence-corrected chi connectivity index (χ4v) is 5.21. The first-order valence-corrected chi connectivity index (χ1v) is 9.54. The van der Waals surface area contributed by atoms with Gasteiger partial charge in [-0.2, -0.15) is 0 Å². The number of benzene rings is 1. The molecule has 0 amide bonds. The number of fused-ring (bicyclic) bond motifs is 3. The van der Waals surface area contributed by atoms with Gasteiger partial charge in [-0.25, -0.2) is 0 Å². The summed E-state index contributed by atoms with van der Waals surface area (Å²) in [7, 11) is 0. The molecule has 4 aliphatic rings. The monoisotopic (exact) mass is 339 g/mol. The van der Waals surface area contributed by atoms with Gasteiger partial charge >= 0.3 is 0 Å². The Morgan fingerprint density at radius 1 is 1.16 bits per heavy atom. The maximum Gasteiger partial charge on any atom is 0.168 e. The molecule has 1 saturated carbocycles. The molecule has 4 heteroatoms. The normalized spacial score (nSPS) is 31.2. The van der Waals surface area contributed by atoms with Gasteiger partial charge in [-0.15, -0.1) is 0 Å². The molecule has 25 heavy (non-hydrogen) atoms. The van der Waals surface area contributed by atoms with Gasteiger partial charge in [-0.3, -0.25) is 4.99 Å². The van der Waals surface area contributed by atoms with Crippen LogP contribution >= 0.6 is 0 Å². The molecule has 3 atom stereocenters. The van der Waals surface area contributed by atoms with Crippen molar-refractivity contribution in [3.8, 4) is 0 Å². The smallest absolute Gasteiger partial charge is 0.168 e. The Labute approximate surface area is 148 Å². The van der Waals surface area contributed by atoms with Crippen LogP contribution in [0.4, 0.5) is 0 Å². The Bertz CT molecular complexity index is 710. The Kier molecular flexibility index (Phi) is 3.81. The van der Waals surface area contributed by atoms with Crippen LogP contribution in [0.3, 0.4) is 0 Å². The van der Waals surface area contributed by atoms with E-state index in [1.165, 1.54) is 16.7 Å². The van der Waals surface area contributed by atoms with Crippen molar-refractivity contribution >= 4 is 11.8 Å². The standard InChI is InChI=1S/C21H25NO3/c23-20(14-5-7-21(8-6-14)24-9-10-25-21)11-17-15-3-1-2-4-16(15)18-12-22-13-19(17)18/h1-4,12-14,17,19-20,23H,5-11H2/t17?,19-,20?/m1/s1. The Hall–Kier alpha value is -1.49. The van der Waals surface area contributed by atoms with Crippen molar-refractivity contribution in [3.05, 3.63) is 41.6 Å². The molecular formula is C21H25NO3. The Morgan fingerprint density at radius 3 is 2.72 bits per heavy atom. The third kappa shape index (κ3) is 2.59. The number of ether oxygens (including phenoxy) is 2. The SMILES string of the molecule is OC(CC1c2ccccc2C2=CN=C[C@@H]21)C1CCC2(CC1)OCCO2. The quantitative estimate of drug-likeness (QED) is 0.917. The summed E-state index contributed by atoms with van der Waals surface area (Å²) in [4.78, 5) is 4.38. The highest BCUT2D eigenvalue weighted by molar-refractivity contribution is 5.93. The zero-order valence-electron chi connectivity index (χ0n) is 14.4. The van der Waals surface area contributed by atoms with Crippen molar-refractivity contribution in [2.75, 3.05) is 13.2 Å². The first-order valence-electron chi connectivity index (χ1n) is 9.54. The van der Waals surface area contributed by atoms with Crippen LogP contribution in [-0.2, 0) is 9.47 Å². The van der Waals surface area contributed by atoms with E-state index < -0.39 is 0 Å². The fraction of sp³-hybridized carbons (Fsp3) is 0.571. The molecule has 1 spiro atoms. The second-order valence-corrected chi connectivity index (χ2v) is 7.85. The minimum absolute atomic E-state index is 0.273. The van der Waals surface area contributed by atoms with Gasteiger partial charge in [0.1, 0.15) is 0 Å². The van der Waals surface area contributed by atoms with E-state index in [2.05, 4.69) is 35.5 Å². The number of allylic oxidation sites excluding steroid dienone is 1. The third-order valence-electron chi connectivity index (χ3n) is 6.57. The molecule has 5 rings (SSSR count). The molecule has 0 aromatic heterocycles. The number of rotatable bonds is 3. The van der Waals surface area contributed by atoms with Gasteiger partial charge in [-0.05, 0) is 47.8 Å². The van der Waals surface area contributed by atoms with Crippen LogP contribution < -0.4 is 0 Å². The Morgan fingerprint density at radius 2 is 1.92 bits per heavy atom. The first-order chi connectivity index (χ1) is 12.3. The summed E-state index contributed by atoms with van der Waals surface area (Å²) < 4.78 is 11.6. The third-order valence-corrected chi connectivity index (χ3v) is 6.57. The minimum Gasteiger partial charge on any atom is -0.393 e. The van der Waals surface area contributed by atoms with Crippen LogP contribution in [0.5, 0.6) is 0 Å². The van der Waals surface area contributed by atoms with E-state index in [0.717, 1.165) is 32.1 Å². The number of hydrogen-bond acceptors (Lipinski definition) is 4. The molecule has 2 aliphatic heterocycles. The molecule has 132 valence electrons. The lowest BCUT2D eigenvalue weighted by molar-refractivity contribution is -0.187. The summed E-state index contributed by atoms with van der Waals surface area (Å²) >= 11 is 0. The van der Waals surface area contributed by atoms with E-state index >= 15 is 0 Å². The molecule has 2 unspecified atom stereocenters. The highest BCUT2D eigenvalue weighted by Gasteiger charge is 2.43. The highest BCUT2D eigenvalue weighted by Crippen LogP contribution is 2.50. The van der Waals surface area contributed by atoms with E-state index in [1.807, 2.05) is 6.20 Å². The molecule has 1 saturated heterocycles. The first kappa shape index (κ1) is 15.7. The van der Waals surface area contributed by atoms with E-state index in [9.17, 15) is 5.11 Å². The molecule has 2 aliphatic carbocycles. The van der Waals surface area contributed by atoms with Gasteiger partial charge < -0.3 is 14.6 Å². The highest BCUT2D eigenvalue weighted by atomic mass is 16.7. The van der Waals surface area contributed by atoms with Gasteiger partial charge in [-0.1, -0.05) is 24.3 Å². The molecule has 2 fully saturated rings. The lowest BCUT2D eigenvalue weighted by Crippen LogP contribution is -2.38. The lowest BCUT2D eigenvalue weighted by Gasteiger charge is -2.37. The van der Waals surface area contributed by atoms with Crippen LogP contribution in [-0.4, -0.2) is 36.4 Å². The average Bonchev–Trinajstić information content (AvgIpc) is 3.35. The number of aliphatic hydroxyl groups excluding tert-OH is 1. The van der Waals surface area contributed by atoms with Crippen LogP contribution in [0.1, 0.15) is 49.1 Å². The summed E-state index contributed by atoms with van der Waals surface area (Å²) in [6, 6.07) is 8.61. The van der Waals surface area contributed by atoms with Crippen molar-refractivity contribution in [2.45, 2.75) is 49.9 Å². The van der Waals surface area contributed by atoms with Crippen LogP contribution in [0.25, 0.3) is 5.57 Å². The van der Waals surface area contributed by atoms with Gasteiger partial charge in [0.15, 0.2) is 5.79 Å². The predicted molar refractivity (Wildman–Crippen MR) is 96.4 cm³/mol. The number of hydrogen-bond donors (Lipinski definition) is 1. The Balaban J connectivity index is 1.29. The van der Waals surface area contributed by atoms with Gasteiger partial charge in [0.2, 0.25) is 0 Å². The molecule has 1 N–H and O–H groups in total. The average molecular weight is 339 g/mol. The molecule has 1 aromatic carbocycles. The summed E-state index contributed by atoms with van der Waals surface area (Å²) in [6.07, 6.45) is 8.37. The van der Waals surface area contributed by atoms with E-state index in [0.29, 0.717) is 31.0 Å². The maximum absolute atomic E-state index is 11.0. The minimum atomic E-state index is -0.343.